The summed E-state index contributed by atoms with van der Waals surface area (Å²) in [6, 6.07) is 5.86. The monoisotopic (exact) mass is 330 g/mol. The summed E-state index contributed by atoms with van der Waals surface area (Å²) in [5.74, 6) is -0.949. The van der Waals surface area contributed by atoms with Crippen molar-refractivity contribution < 1.29 is 27.8 Å². The second-order valence-corrected chi connectivity index (χ2v) is 5.22. The van der Waals surface area contributed by atoms with Crippen molar-refractivity contribution in [3.63, 3.8) is 0 Å². The third kappa shape index (κ3) is 3.03. The van der Waals surface area contributed by atoms with Crippen molar-refractivity contribution in [2.75, 3.05) is 7.11 Å². The Morgan fingerprint density at radius 2 is 2.09 bits per heavy atom. The van der Waals surface area contributed by atoms with Crippen LogP contribution in [0, 0.1) is 0 Å². The summed E-state index contributed by atoms with van der Waals surface area (Å²) in [6.07, 6.45) is -4.94. The number of hydrogen-bond donors (Lipinski definition) is 1. The number of alkyl halides is 3. The number of aliphatic hydroxyl groups is 1. The van der Waals surface area contributed by atoms with Gasteiger partial charge in [0, 0.05) is 12.1 Å². The molecular weight excluding hydrogens is 313 g/mol. The SMILES string of the molecule is CCCC1=NN(C(=O)c2ccccc2OC)[C@](O)(C(F)(F)F)C1. The van der Waals surface area contributed by atoms with E-state index in [2.05, 4.69) is 5.10 Å². The molecule has 0 bridgehead atoms. The fraction of sp³-hybridized carbons (Fsp3) is 0.467. The van der Waals surface area contributed by atoms with Crippen molar-refractivity contribution >= 4 is 11.6 Å². The van der Waals surface area contributed by atoms with Crippen LogP contribution in [0.25, 0.3) is 0 Å². The molecule has 5 nitrogen and oxygen atoms in total. The quantitative estimate of drug-likeness (QED) is 0.923. The highest BCUT2D eigenvalue weighted by Gasteiger charge is 2.63. The van der Waals surface area contributed by atoms with Crippen molar-refractivity contribution in [1.82, 2.24) is 5.01 Å². The fourth-order valence-corrected chi connectivity index (χ4v) is 2.42. The Bertz CT molecular complexity index is 631. The summed E-state index contributed by atoms with van der Waals surface area (Å²) in [4.78, 5) is 12.5. The van der Waals surface area contributed by atoms with Crippen LogP contribution in [-0.2, 0) is 0 Å². The second-order valence-electron chi connectivity index (χ2n) is 5.22. The van der Waals surface area contributed by atoms with E-state index in [1.165, 1.54) is 25.3 Å². The zero-order chi connectivity index (χ0) is 17.3. The number of rotatable bonds is 4. The molecule has 1 amide bonds. The van der Waals surface area contributed by atoms with E-state index in [9.17, 15) is 23.1 Å². The number of carbonyl (C=O) groups excluding carboxylic acids is 1. The van der Waals surface area contributed by atoms with Crippen LogP contribution in [0.1, 0.15) is 36.5 Å². The lowest BCUT2D eigenvalue weighted by Crippen LogP contribution is -2.56. The van der Waals surface area contributed by atoms with Crippen LogP contribution in [0.2, 0.25) is 0 Å². The highest BCUT2D eigenvalue weighted by atomic mass is 19.4. The van der Waals surface area contributed by atoms with Crippen LogP contribution in [-0.4, -0.2) is 40.7 Å². The van der Waals surface area contributed by atoms with Gasteiger partial charge in [-0.25, -0.2) is 0 Å². The molecule has 0 aliphatic carbocycles. The van der Waals surface area contributed by atoms with Crippen LogP contribution in [0.3, 0.4) is 0 Å². The Morgan fingerprint density at radius 1 is 1.43 bits per heavy atom. The van der Waals surface area contributed by atoms with Gasteiger partial charge < -0.3 is 9.84 Å². The maximum absolute atomic E-state index is 13.3. The number of nitrogens with zero attached hydrogens (tertiary/aromatic N) is 2. The largest absolute Gasteiger partial charge is 0.496 e. The fourth-order valence-electron chi connectivity index (χ4n) is 2.42. The molecule has 126 valence electrons. The summed E-state index contributed by atoms with van der Waals surface area (Å²) in [5, 5.41) is 13.9. The van der Waals surface area contributed by atoms with Gasteiger partial charge in [-0.15, -0.1) is 0 Å². The minimum absolute atomic E-state index is 0.0980. The summed E-state index contributed by atoms with van der Waals surface area (Å²) in [6.45, 7) is 1.78. The normalized spacial score (nSPS) is 21.3. The van der Waals surface area contributed by atoms with Crippen molar-refractivity contribution in [2.24, 2.45) is 5.10 Å². The van der Waals surface area contributed by atoms with Crippen molar-refractivity contribution in [2.45, 2.75) is 38.1 Å². The number of benzene rings is 1. The van der Waals surface area contributed by atoms with Crippen LogP contribution in [0.5, 0.6) is 5.75 Å². The van der Waals surface area contributed by atoms with Crippen molar-refractivity contribution in [1.29, 1.82) is 0 Å². The van der Waals surface area contributed by atoms with Gasteiger partial charge in [-0.3, -0.25) is 4.79 Å². The molecule has 0 spiro atoms. The Balaban J connectivity index is 2.46. The Hall–Kier alpha value is -2.09. The van der Waals surface area contributed by atoms with E-state index in [1.54, 1.807) is 13.0 Å². The van der Waals surface area contributed by atoms with Gasteiger partial charge >= 0.3 is 6.18 Å². The first kappa shape index (κ1) is 17.3. The van der Waals surface area contributed by atoms with Crippen LogP contribution in [0.4, 0.5) is 13.2 Å². The molecule has 0 saturated carbocycles. The Morgan fingerprint density at radius 3 is 2.65 bits per heavy atom. The maximum Gasteiger partial charge on any atom is 0.438 e. The van der Waals surface area contributed by atoms with Crippen LogP contribution >= 0.6 is 0 Å². The number of hydrazone groups is 1. The number of para-hydroxylation sites is 1. The molecule has 0 saturated heterocycles. The average Bonchev–Trinajstić information content (AvgIpc) is 2.84. The summed E-state index contributed by atoms with van der Waals surface area (Å²) >= 11 is 0. The molecule has 0 unspecified atom stereocenters. The Labute approximate surface area is 131 Å². The number of amides is 1. The first-order chi connectivity index (χ1) is 10.7. The summed E-state index contributed by atoms with van der Waals surface area (Å²) in [5.41, 5.74) is -3.30. The van der Waals surface area contributed by atoms with E-state index in [0.29, 0.717) is 6.42 Å². The Kier molecular flexibility index (Phi) is 4.65. The number of methoxy groups -OCH3 is 1. The minimum atomic E-state index is -5.02. The average molecular weight is 330 g/mol. The van der Waals surface area contributed by atoms with Gasteiger partial charge in [-0.1, -0.05) is 25.5 Å². The zero-order valence-corrected chi connectivity index (χ0v) is 12.7. The van der Waals surface area contributed by atoms with Crippen molar-refractivity contribution in [3.8, 4) is 5.75 Å². The van der Waals surface area contributed by atoms with E-state index in [1.807, 2.05) is 0 Å². The van der Waals surface area contributed by atoms with E-state index in [-0.39, 0.29) is 28.5 Å². The molecule has 2 rings (SSSR count). The van der Waals surface area contributed by atoms with Gasteiger partial charge in [-0.05, 0) is 18.6 Å². The molecule has 0 radical (unpaired) electrons. The number of carbonyl (C=O) groups is 1. The molecule has 1 atom stereocenters. The number of halogens is 3. The first-order valence-corrected chi connectivity index (χ1v) is 7.07. The molecule has 23 heavy (non-hydrogen) atoms. The first-order valence-electron chi connectivity index (χ1n) is 7.07. The third-order valence-corrected chi connectivity index (χ3v) is 3.56. The van der Waals surface area contributed by atoms with Gasteiger partial charge in [0.15, 0.2) is 0 Å². The van der Waals surface area contributed by atoms with Gasteiger partial charge in [0.05, 0.1) is 12.7 Å². The van der Waals surface area contributed by atoms with Gasteiger partial charge in [0.2, 0.25) is 0 Å². The van der Waals surface area contributed by atoms with Crippen molar-refractivity contribution in [3.05, 3.63) is 29.8 Å². The smallest absolute Gasteiger partial charge is 0.438 e. The summed E-state index contributed by atoms with van der Waals surface area (Å²) < 4.78 is 45.0. The molecule has 0 aromatic heterocycles. The minimum Gasteiger partial charge on any atom is -0.496 e. The molecular formula is C15H17F3N2O3. The van der Waals surface area contributed by atoms with Gasteiger partial charge in [-0.2, -0.15) is 23.3 Å². The van der Waals surface area contributed by atoms with E-state index >= 15 is 0 Å². The zero-order valence-electron chi connectivity index (χ0n) is 12.7. The maximum atomic E-state index is 13.3. The van der Waals surface area contributed by atoms with Gasteiger partial charge in [0.1, 0.15) is 5.75 Å². The molecule has 8 heteroatoms. The standard InChI is InChI=1S/C15H17F3N2O3/c1-3-6-10-9-14(22,15(16,17)18)20(19-10)13(21)11-7-4-5-8-12(11)23-2/h4-5,7-8,22H,3,6,9H2,1-2H3/t14-/m1/s1. The summed E-state index contributed by atoms with van der Waals surface area (Å²) in [7, 11) is 1.30. The highest BCUT2D eigenvalue weighted by molar-refractivity contribution is 6.00. The van der Waals surface area contributed by atoms with Gasteiger partial charge in [0.25, 0.3) is 11.6 Å². The predicted octanol–water partition coefficient (Wildman–Crippen LogP) is 2.95. The lowest BCUT2D eigenvalue weighted by Gasteiger charge is -2.32. The molecule has 1 aliphatic heterocycles. The molecule has 1 aromatic rings. The highest BCUT2D eigenvalue weighted by Crippen LogP contribution is 2.42. The third-order valence-electron chi connectivity index (χ3n) is 3.56. The number of ether oxygens (including phenoxy) is 1. The van der Waals surface area contributed by atoms with E-state index in [4.69, 9.17) is 4.74 Å². The number of hydrogen-bond acceptors (Lipinski definition) is 4. The predicted molar refractivity (Wildman–Crippen MR) is 77.1 cm³/mol. The molecule has 1 aromatic carbocycles. The molecule has 0 fully saturated rings. The lowest BCUT2D eigenvalue weighted by molar-refractivity contribution is -0.297. The molecule has 1 N–H and O–H groups in total. The lowest BCUT2D eigenvalue weighted by atomic mass is 10.0. The van der Waals surface area contributed by atoms with E-state index in [0.717, 1.165) is 0 Å². The molecule has 1 heterocycles. The van der Waals surface area contributed by atoms with Crippen LogP contribution in [0.15, 0.2) is 29.4 Å². The van der Waals surface area contributed by atoms with E-state index < -0.39 is 24.2 Å². The van der Waals surface area contributed by atoms with Crippen LogP contribution < -0.4 is 4.74 Å². The topological polar surface area (TPSA) is 62.1 Å². The molecule has 1 aliphatic rings. The second kappa shape index (κ2) is 6.19.